The summed E-state index contributed by atoms with van der Waals surface area (Å²) in [5, 5.41) is 64.7. The zero-order valence-corrected chi connectivity index (χ0v) is 48.6. The van der Waals surface area contributed by atoms with E-state index in [1.54, 1.807) is 64.4 Å². The molecule has 0 spiro atoms. The number of carbonyl (C=O) groups is 12. The SMILES string of the molecule is CC[C@H](C)[C@H](NC(=O)[C@H](C)NC(=O)[C@@H](NC(=O)[C@@H](N)CCC(N)=O)[C@@H](C)CC)C(=O)N[C@@H](CS)C(=O)NCC(=O)N[C@@H](CCSC)C(=O)N[C@@H](CO)C(=O)N[C@H](C(=O)N[C@@H](Cc1c[nH]c2ccccc12)C(=O)N[C@@H](CO)C(=O)O)[C@@H](C)O. The number of aliphatic hydroxyl groups is 3. The van der Waals surface area contributed by atoms with Crippen molar-refractivity contribution >= 4 is 106 Å². The van der Waals surface area contributed by atoms with Crippen LogP contribution in [-0.2, 0) is 64.0 Å². The highest BCUT2D eigenvalue weighted by Crippen LogP contribution is 2.20. The number of carboxylic acids is 1. The van der Waals surface area contributed by atoms with E-state index in [0.717, 1.165) is 6.92 Å². The van der Waals surface area contributed by atoms with Gasteiger partial charge in [0.1, 0.15) is 54.4 Å². The number of nitrogens with two attached hydrogens (primary N) is 2. The van der Waals surface area contributed by atoms with Crippen molar-refractivity contribution in [1.82, 2.24) is 58.2 Å². The number of aromatic amines is 1. The number of amides is 11. The summed E-state index contributed by atoms with van der Waals surface area (Å²) < 4.78 is 0. The number of thioether (sulfide) groups is 1. The molecule has 19 N–H and O–H groups in total. The molecule has 0 aliphatic rings. The molecule has 0 unspecified atom stereocenters. The van der Waals surface area contributed by atoms with Crippen LogP contribution in [0.15, 0.2) is 30.5 Å². The number of aliphatic carboxylic acids is 1. The third-order valence-corrected chi connectivity index (χ3v) is 14.3. The number of thiol groups is 1. The van der Waals surface area contributed by atoms with Gasteiger partial charge in [-0.15, -0.1) is 0 Å². The van der Waals surface area contributed by atoms with E-state index in [2.05, 4.69) is 70.8 Å². The van der Waals surface area contributed by atoms with Crippen LogP contribution in [0.2, 0.25) is 0 Å². The molecule has 0 radical (unpaired) electrons. The maximum atomic E-state index is 13.7. The number of H-pyrrole nitrogens is 1. The monoisotopic (exact) mass is 1200 g/mol. The average Bonchev–Trinajstić information content (AvgIpc) is 3.98. The average molecular weight is 1200 g/mol. The van der Waals surface area contributed by atoms with E-state index in [4.69, 9.17) is 11.5 Å². The van der Waals surface area contributed by atoms with Gasteiger partial charge < -0.3 is 90.0 Å². The van der Waals surface area contributed by atoms with Crippen LogP contribution in [0.5, 0.6) is 0 Å². The molecule has 1 heterocycles. The number of carbonyl (C=O) groups excluding carboxylic acids is 11. The predicted molar refractivity (Wildman–Crippen MR) is 304 cm³/mol. The molecule has 458 valence electrons. The van der Waals surface area contributed by atoms with Gasteiger partial charge in [-0.25, -0.2) is 4.79 Å². The van der Waals surface area contributed by atoms with Gasteiger partial charge in [-0.2, -0.15) is 24.4 Å². The van der Waals surface area contributed by atoms with Crippen LogP contribution in [0.3, 0.4) is 0 Å². The Morgan fingerprint density at radius 1 is 0.622 bits per heavy atom. The number of para-hydroxylation sites is 1. The van der Waals surface area contributed by atoms with E-state index in [-0.39, 0.29) is 37.2 Å². The fraction of sp³-hybridized carbons (Fsp3) is 0.608. The molecular weight excluding hydrogens is 1110 g/mol. The number of aliphatic hydroxyl groups excluding tert-OH is 3. The molecule has 0 saturated heterocycles. The fourth-order valence-corrected chi connectivity index (χ4v) is 8.54. The summed E-state index contributed by atoms with van der Waals surface area (Å²) in [5.41, 5.74) is 12.2. The Labute approximate surface area is 484 Å². The van der Waals surface area contributed by atoms with Gasteiger partial charge in [0.25, 0.3) is 0 Å². The van der Waals surface area contributed by atoms with Gasteiger partial charge in [0.15, 0.2) is 0 Å². The summed E-state index contributed by atoms with van der Waals surface area (Å²) >= 11 is 5.48. The summed E-state index contributed by atoms with van der Waals surface area (Å²) in [6, 6.07) is -7.45. The van der Waals surface area contributed by atoms with Crippen molar-refractivity contribution < 1.29 is 78.0 Å². The molecule has 0 bridgehead atoms. The summed E-state index contributed by atoms with van der Waals surface area (Å²) in [4.78, 5) is 160. The first-order chi connectivity index (χ1) is 38.7. The molecule has 2 aromatic rings. The molecule has 2 rings (SSSR count). The number of benzene rings is 1. The van der Waals surface area contributed by atoms with Crippen molar-refractivity contribution in [2.24, 2.45) is 23.3 Å². The van der Waals surface area contributed by atoms with Crippen LogP contribution in [0, 0.1) is 11.8 Å². The van der Waals surface area contributed by atoms with Gasteiger partial charge in [-0.1, -0.05) is 58.7 Å². The van der Waals surface area contributed by atoms with E-state index in [0.29, 0.717) is 29.3 Å². The van der Waals surface area contributed by atoms with Crippen molar-refractivity contribution in [2.45, 2.75) is 147 Å². The lowest BCUT2D eigenvalue weighted by Gasteiger charge is -2.29. The predicted octanol–water partition coefficient (Wildman–Crippen LogP) is -4.97. The molecule has 11 amide bonds. The highest BCUT2D eigenvalue weighted by molar-refractivity contribution is 7.98. The van der Waals surface area contributed by atoms with Crippen molar-refractivity contribution in [3.63, 3.8) is 0 Å². The summed E-state index contributed by atoms with van der Waals surface area (Å²) in [6.45, 7) is 6.58. The first-order valence-electron chi connectivity index (χ1n) is 26.5. The lowest BCUT2D eigenvalue weighted by Crippen LogP contribution is -2.62. The minimum Gasteiger partial charge on any atom is -0.480 e. The zero-order valence-electron chi connectivity index (χ0n) is 46.9. The van der Waals surface area contributed by atoms with E-state index < -0.39 is 169 Å². The van der Waals surface area contributed by atoms with Gasteiger partial charge >= 0.3 is 5.97 Å². The second-order valence-corrected chi connectivity index (χ2v) is 21.0. The maximum Gasteiger partial charge on any atom is 0.328 e. The number of hydrogen-bond acceptors (Lipinski definition) is 18. The van der Waals surface area contributed by atoms with Crippen molar-refractivity contribution in [3.05, 3.63) is 36.0 Å². The van der Waals surface area contributed by atoms with Crippen LogP contribution in [-0.4, -0.2) is 200 Å². The molecule has 31 heteroatoms. The summed E-state index contributed by atoms with van der Waals surface area (Å²) in [7, 11) is 0. The Bertz CT molecular complexity index is 2540. The standard InChI is InChI=1S/C51H81N13O16S2/c1-8-24(3)39(63-43(71)30(52)14-15-37(53)68)48(76)56-26(5)42(70)62-40(25(4)9-2)49(77)61-36(23-81)44(72)55-20-38(69)57-32(16-17-82-7)45(73)59-34(21-65)47(75)64-41(27(6)67)50(78)58-33(46(74)60-35(22-66)51(79)80)18-28-19-54-31-13-11-10-12-29(28)31/h10-13,19,24-27,30,32-36,39-41,54,65-67,81H,8-9,14-18,20-23,52H2,1-7H3,(H2,53,68)(H,55,72)(H,56,76)(H,57,69)(H,58,78)(H,59,73)(H,60,74)(H,61,77)(H,62,70)(H,63,71)(H,64,75)(H,79,80)/t24-,25-,26-,27+,30-,32-,33-,34-,35-,36-,39-,40-,41-/m0/s1. The lowest BCUT2D eigenvalue weighted by atomic mass is 9.96. The quantitative estimate of drug-likeness (QED) is 0.0282. The number of rotatable bonds is 37. The van der Waals surface area contributed by atoms with Crippen molar-refractivity contribution in [1.29, 1.82) is 0 Å². The van der Waals surface area contributed by atoms with Gasteiger partial charge in [-0.3, -0.25) is 52.7 Å². The number of nitrogens with one attached hydrogen (secondary N) is 11. The second-order valence-electron chi connectivity index (χ2n) is 19.6. The molecule has 0 aliphatic carbocycles. The number of primary amides is 1. The van der Waals surface area contributed by atoms with E-state index in [1.807, 2.05) is 0 Å². The third kappa shape index (κ3) is 22.7. The van der Waals surface area contributed by atoms with E-state index in [1.165, 1.54) is 18.7 Å². The number of carboxylic acid groups (broad SMARTS) is 1. The molecule has 13 atom stereocenters. The molecule has 82 heavy (non-hydrogen) atoms. The van der Waals surface area contributed by atoms with Gasteiger partial charge in [0.05, 0.1) is 31.9 Å². The fourth-order valence-electron chi connectivity index (χ4n) is 7.81. The lowest BCUT2D eigenvalue weighted by molar-refractivity contribution is -0.143. The zero-order chi connectivity index (χ0) is 62.0. The Morgan fingerprint density at radius 3 is 1.68 bits per heavy atom. The van der Waals surface area contributed by atoms with E-state index >= 15 is 0 Å². The highest BCUT2D eigenvalue weighted by atomic mass is 32.2. The topological polar surface area (TPSA) is 474 Å². The smallest absolute Gasteiger partial charge is 0.328 e. The maximum absolute atomic E-state index is 13.7. The molecule has 0 saturated carbocycles. The largest absolute Gasteiger partial charge is 0.480 e. The Hall–Kier alpha value is -7.06. The normalized spacial score (nSPS) is 16.0. The minimum absolute atomic E-state index is 0.0339. The van der Waals surface area contributed by atoms with Crippen LogP contribution in [0.4, 0.5) is 0 Å². The Morgan fingerprint density at radius 2 is 1.13 bits per heavy atom. The van der Waals surface area contributed by atoms with Crippen LogP contribution >= 0.6 is 24.4 Å². The molecule has 0 fully saturated rings. The van der Waals surface area contributed by atoms with Crippen molar-refractivity contribution in [3.8, 4) is 0 Å². The van der Waals surface area contributed by atoms with Crippen LogP contribution in [0.25, 0.3) is 10.9 Å². The van der Waals surface area contributed by atoms with Gasteiger partial charge in [0, 0.05) is 35.7 Å². The third-order valence-electron chi connectivity index (χ3n) is 13.3. The molecule has 29 nitrogen and oxygen atoms in total. The van der Waals surface area contributed by atoms with Crippen LogP contribution in [0.1, 0.15) is 79.2 Å². The molecule has 1 aromatic carbocycles. The number of aromatic nitrogens is 1. The molecule has 1 aromatic heterocycles. The Kier molecular flexibility index (Phi) is 30.9. The first kappa shape index (κ1) is 71.0. The molecular formula is C51H81N13O16S2. The second kappa shape index (κ2) is 35.7. The van der Waals surface area contributed by atoms with Crippen LogP contribution < -0.4 is 64.6 Å². The molecule has 0 aliphatic heterocycles. The van der Waals surface area contributed by atoms with E-state index in [9.17, 15) is 78.0 Å². The Balaban J connectivity index is 2.14. The first-order valence-corrected chi connectivity index (χ1v) is 28.5. The number of hydrogen-bond donors (Lipinski definition) is 18. The van der Waals surface area contributed by atoms with Gasteiger partial charge in [0.2, 0.25) is 65.0 Å². The number of fused-ring (bicyclic) bond motifs is 1. The summed E-state index contributed by atoms with van der Waals surface area (Å²) in [5.74, 6) is -12.3. The summed E-state index contributed by atoms with van der Waals surface area (Å²) in [6.07, 6.45) is 1.94. The van der Waals surface area contributed by atoms with Crippen molar-refractivity contribution in [2.75, 3.05) is 37.5 Å². The van der Waals surface area contributed by atoms with Gasteiger partial charge in [-0.05, 0) is 62.2 Å². The highest BCUT2D eigenvalue weighted by Gasteiger charge is 2.37. The minimum atomic E-state index is -1.83.